The first kappa shape index (κ1) is 17.8. The topological polar surface area (TPSA) is 38.8 Å². The van der Waals surface area contributed by atoms with E-state index in [1.54, 1.807) is 0 Å². The summed E-state index contributed by atoms with van der Waals surface area (Å²) in [5.41, 5.74) is 4.03. The fourth-order valence-corrected chi connectivity index (χ4v) is 2.90. The van der Waals surface area contributed by atoms with Crippen molar-refractivity contribution in [3.63, 3.8) is 0 Å². The fraction of sp³-hybridized carbons (Fsp3) is 0.611. The molecule has 1 fully saturated rings. The third-order valence-electron chi connectivity index (χ3n) is 4.54. The number of carbonyl (C=O) groups excluding carboxylic acids is 1. The quantitative estimate of drug-likeness (QED) is 0.853. The molecule has 5 heteroatoms. The number of aryl methyl sites for hydroxylation is 1. The van der Waals surface area contributed by atoms with Gasteiger partial charge in [-0.2, -0.15) is 0 Å². The largest absolute Gasteiger partial charge is 0.369 e. The van der Waals surface area contributed by atoms with Crippen LogP contribution in [0.1, 0.15) is 11.1 Å². The number of anilines is 1. The lowest BCUT2D eigenvalue weighted by Gasteiger charge is -2.36. The normalized spacial score (nSPS) is 16.0. The Labute approximate surface area is 140 Å². The molecule has 1 aliphatic rings. The third kappa shape index (κ3) is 5.22. The van der Waals surface area contributed by atoms with Crippen LogP contribution in [0.5, 0.6) is 0 Å². The maximum atomic E-state index is 12.0. The molecule has 5 nitrogen and oxygen atoms in total. The van der Waals surface area contributed by atoms with Crippen molar-refractivity contribution in [1.29, 1.82) is 0 Å². The zero-order valence-electron chi connectivity index (χ0n) is 14.9. The van der Waals surface area contributed by atoms with Gasteiger partial charge in [-0.3, -0.25) is 9.69 Å². The molecule has 1 saturated heterocycles. The van der Waals surface area contributed by atoms with Crippen LogP contribution < -0.4 is 10.2 Å². The summed E-state index contributed by atoms with van der Waals surface area (Å²) in [6.45, 7) is 10.3. The molecule has 0 radical (unpaired) electrons. The van der Waals surface area contributed by atoms with Gasteiger partial charge in [-0.1, -0.05) is 12.1 Å². The predicted molar refractivity (Wildman–Crippen MR) is 96.1 cm³/mol. The van der Waals surface area contributed by atoms with Gasteiger partial charge in [0.2, 0.25) is 5.91 Å². The standard InChI is InChI=1S/C18H30N4O/c1-15-6-5-7-17(16(15)2)22-12-10-21(11-13-22)14-18(23)19-8-9-20(3)4/h5-7H,8-14H2,1-4H3,(H,19,23). The first-order valence-corrected chi connectivity index (χ1v) is 8.42. The lowest BCUT2D eigenvalue weighted by atomic mass is 10.1. The highest BCUT2D eigenvalue weighted by Crippen LogP contribution is 2.23. The number of rotatable bonds is 6. The number of amides is 1. The minimum absolute atomic E-state index is 0.132. The highest BCUT2D eigenvalue weighted by Gasteiger charge is 2.20. The number of nitrogens with one attached hydrogen (secondary N) is 1. The van der Waals surface area contributed by atoms with E-state index in [2.05, 4.69) is 52.1 Å². The van der Waals surface area contributed by atoms with E-state index >= 15 is 0 Å². The number of hydrogen-bond donors (Lipinski definition) is 1. The average molecular weight is 318 g/mol. The molecule has 1 amide bonds. The number of nitrogens with zero attached hydrogens (tertiary/aromatic N) is 3. The van der Waals surface area contributed by atoms with Crippen LogP contribution in [0.3, 0.4) is 0 Å². The second kappa shape index (κ2) is 8.31. The maximum absolute atomic E-state index is 12.0. The van der Waals surface area contributed by atoms with Crippen molar-refractivity contribution in [2.24, 2.45) is 0 Å². The highest BCUT2D eigenvalue weighted by atomic mass is 16.2. The second-order valence-corrected chi connectivity index (χ2v) is 6.64. The van der Waals surface area contributed by atoms with Crippen LogP contribution in [0.15, 0.2) is 18.2 Å². The summed E-state index contributed by atoms with van der Waals surface area (Å²) in [5, 5.41) is 2.98. The number of hydrogen-bond acceptors (Lipinski definition) is 4. The molecule has 0 bridgehead atoms. The molecular weight excluding hydrogens is 288 g/mol. The van der Waals surface area contributed by atoms with Crippen LogP contribution in [0.2, 0.25) is 0 Å². The molecule has 1 heterocycles. The van der Waals surface area contributed by atoms with Gasteiger partial charge < -0.3 is 15.1 Å². The van der Waals surface area contributed by atoms with Crippen LogP contribution in [-0.4, -0.2) is 75.6 Å². The Morgan fingerprint density at radius 1 is 1.17 bits per heavy atom. The number of benzene rings is 1. The molecular formula is C18H30N4O. The zero-order valence-corrected chi connectivity index (χ0v) is 14.9. The molecule has 0 unspecified atom stereocenters. The SMILES string of the molecule is Cc1cccc(N2CCN(CC(=O)NCCN(C)C)CC2)c1C. The average Bonchev–Trinajstić information content (AvgIpc) is 2.50. The van der Waals surface area contributed by atoms with E-state index in [-0.39, 0.29) is 5.91 Å². The summed E-state index contributed by atoms with van der Waals surface area (Å²) < 4.78 is 0. The van der Waals surface area contributed by atoms with Crippen molar-refractivity contribution < 1.29 is 4.79 Å². The van der Waals surface area contributed by atoms with Crippen LogP contribution in [-0.2, 0) is 4.79 Å². The van der Waals surface area contributed by atoms with Crippen LogP contribution in [0, 0.1) is 13.8 Å². The summed E-state index contributed by atoms with van der Waals surface area (Å²) in [6.07, 6.45) is 0. The van der Waals surface area contributed by atoms with Crippen molar-refractivity contribution in [2.75, 3.05) is 64.8 Å². The Bertz CT molecular complexity index is 522. The van der Waals surface area contributed by atoms with Crippen LogP contribution in [0.25, 0.3) is 0 Å². The third-order valence-corrected chi connectivity index (χ3v) is 4.54. The van der Waals surface area contributed by atoms with Gasteiger partial charge in [0, 0.05) is 45.0 Å². The Morgan fingerprint density at radius 3 is 2.52 bits per heavy atom. The van der Waals surface area contributed by atoms with Gasteiger partial charge in [-0.25, -0.2) is 0 Å². The smallest absolute Gasteiger partial charge is 0.234 e. The summed E-state index contributed by atoms with van der Waals surface area (Å²) in [5.74, 6) is 0.132. The molecule has 1 aliphatic heterocycles. The van der Waals surface area contributed by atoms with E-state index in [0.717, 1.165) is 32.7 Å². The minimum atomic E-state index is 0.132. The number of piperazine rings is 1. The molecule has 0 saturated carbocycles. The van der Waals surface area contributed by atoms with Gasteiger partial charge in [0.05, 0.1) is 6.54 Å². The lowest BCUT2D eigenvalue weighted by molar-refractivity contribution is -0.122. The molecule has 0 aromatic heterocycles. The van der Waals surface area contributed by atoms with Gasteiger partial charge in [0.15, 0.2) is 0 Å². The molecule has 2 rings (SSSR count). The van der Waals surface area contributed by atoms with Crippen molar-refractivity contribution >= 4 is 11.6 Å². The predicted octanol–water partition coefficient (Wildman–Crippen LogP) is 1.10. The van der Waals surface area contributed by atoms with Gasteiger partial charge in [0.25, 0.3) is 0 Å². The molecule has 1 aromatic carbocycles. The first-order valence-electron chi connectivity index (χ1n) is 8.42. The van der Waals surface area contributed by atoms with E-state index < -0.39 is 0 Å². The summed E-state index contributed by atoms with van der Waals surface area (Å²) in [4.78, 5) is 18.7. The first-order chi connectivity index (χ1) is 11.0. The molecule has 1 N–H and O–H groups in total. The highest BCUT2D eigenvalue weighted by molar-refractivity contribution is 5.78. The molecule has 0 aliphatic carbocycles. The van der Waals surface area contributed by atoms with Crippen molar-refractivity contribution in [3.05, 3.63) is 29.3 Å². The van der Waals surface area contributed by atoms with E-state index in [1.807, 2.05) is 14.1 Å². The number of likely N-dealkylation sites (N-methyl/N-ethyl adjacent to an activating group) is 1. The van der Waals surface area contributed by atoms with E-state index in [4.69, 9.17) is 0 Å². The molecule has 0 spiro atoms. The monoisotopic (exact) mass is 318 g/mol. The lowest BCUT2D eigenvalue weighted by Crippen LogP contribution is -2.50. The minimum Gasteiger partial charge on any atom is -0.369 e. The second-order valence-electron chi connectivity index (χ2n) is 6.64. The molecule has 0 atom stereocenters. The van der Waals surface area contributed by atoms with Crippen molar-refractivity contribution in [2.45, 2.75) is 13.8 Å². The van der Waals surface area contributed by atoms with Crippen LogP contribution >= 0.6 is 0 Å². The number of carbonyl (C=O) groups is 1. The Hall–Kier alpha value is -1.59. The fourth-order valence-electron chi connectivity index (χ4n) is 2.90. The van der Waals surface area contributed by atoms with Gasteiger partial charge in [-0.05, 0) is 45.1 Å². The van der Waals surface area contributed by atoms with E-state index in [0.29, 0.717) is 13.1 Å². The summed E-state index contributed by atoms with van der Waals surface area (Å²) in [6, 6.07) is 6.49. The molecule has 1 aromatic rings. The zero-order chi connectivity index (χ0) is 16.8. The van der Waals surface area contributed by atoms with Gasteiger partial charge >= 0.3 is 0 Å². The Kier molecular flexibility index (Phi) is 6.42. The Balaban J connectivity index is 1.77. The molecule has 128 valence electrons. The van der Waals surface area contributed by atoms with Crippen LogP contribution in [0.4, 0.5) is 5.69 Å². The maximum Gasteiger partial charge on any atom is 0.234 e. The molecule has 23 heavy (non-hydrogen) atoms. The van der Waals surface area contributed by atoms with E-state index in [9.17, 15) is 4.79 Å². The summed E-state index contributed by atoms with van der Waals surface area (Å²) in [7, 11) is 4.03. The summed E-state index contributed by atoms with van der Waals surface area (Å²) >= 11 is 0. The van der Waals surface area contributed by atoms with Gasteiger partial charge in [-0.15, -0.1) is 0 Å². The van der Waals surface area contributed by atoms with E-state index in [1.165, 1.54) is 16.8 Å². The van der Waals surface area contributed by atoms with Gasteiger partial charge in [0.1, 0.15) is 0 Å². The van der Waals surface area contributed by atoms with Crippen molar-refractivity contribution in [3.8, 4) is 0 Å². The Morgan fingerprint density at radius 2 is 1.87 bits per heavy atom. The van der Waals surface area contributed by atoms with Crippen molar-refractivity contribution in [1.82, 2.24) is 15.1 Å².